The third-order valence-electron chi connectivity index (χ3n) is 3.72. The largest absolute Gasteiger partial charge is 0.218 e. The van der Waals surface area contributed by atoms with Crippen LogP contribution in [-0.4, -0.2) is 8.42 Å². The number of fused-ring (bicyclic) bond motifs is 1. The Morgan fingerprint density at radius 3 is 2.00 bits per heavy atom. The Labute approximate surface area is 125 Å². The van der Waals surface area contributed by atoms with E-state index in [1.807, 2.05) is 56.3 Å². The third-order valence-corrected chi connectivity index (χ3v) is 5.55. The summed E-state index contributed by atoms with van der Waals surface area (Å²) < 4.78 is 25.7. The van der Waals surface area contributed by atoms with Crippen LogP contribution in [0.5, 0.6) is 0 Å². The fraction of sp³-hybridized carbons (Fsp3) is 0.111. The molecule has 0 spiro atoms. The highest BCUT2D eigenvalue weighted by Crippen LogP contribution is 2.30. The standard InChI is InChI=1S/C18H16O2S/c1-13-7-10-15(11-8-13)21(19,20)18-12-9-14(2)16-5-3-4-6-17(16)18/h3-12H,1-2H3. The van der Waals surface area contributed by atoms with Crippen molar-refractivity contribution < 1.29 is 8.42 Å². The quantitative estimate of drug-likeness (QED) is 0.707. The van der Waals surface area contributed by atoms with Gasteiger partial charge in [-0.25, -0.2) is 8.42 Å². The van der Waals surface area contributed by atoms with Gasteiger partial charge in [-0.15, -0.1) is 0 Å². The summed E-state index contributed by atoms with van der Waals surface area (Å²) in [5.74, 6) is 0. The van der Waals surface area contributed by atoms with E-state index in [4.69, 9.17) is 0 Å². The molecule has 0 N–H and O–H groups in total. The lowest BCUT2D eigenvalue weighted by atomic mass is 10.1. The summed E-state index contributed by atoms with van der Waals surface area (Å²) in [7, 11) is -3.50. The summed E-state index contributed by atoms with van der Waals surface area (Å²) in [6.45, 7) is 3.93. The fourth-order valence-electron chi connectivity index (χ4n) is 2.50. The van der Waals surface area contributed by atoms with Crippen LogP contribution in [0, 0.1) is 13.8 Å². The monoisotopic (exact) mass is 296 g/mol. The van der Waals surface area contributed by atoms with Gasteiger partial charge in [0, 0.05) is 5.39 Å². The minimum Gasteiger partial charge on any atom is -0.218 e. The molecule has 0 unspecified atom stereocenters. The fourth-order valence-corrected chi connectivity index (χ4v) is 3.96. The molecule has 0 fully saturated rings. The zero-order valence-corrected chi connectivity index (χ0v) is 12.8. The van der Waals surface area contributed by atoms with Crippen molar-refractivity contribution in [2.45, 2.75) is 23.6 Å². The van der Waals surface area contributed by atoms with Gasteiger partial charge in [-0.2, -0.15) is 0 Å². The van der Waals surface area contributed by atoms with Crippen LogP contribution >= 0.6 is 0 Å². The molecule has 21 heavy (non-hydrogen) atoms. The summed E-state index contributed by atoms with van der Waals surface area (Å²) >= 11 is 0. The van der Waals surface area contributed by atoms with Gasteiger partial charge in [-0.05, 0) is 43.0 Å². The molecule has 0 aromatic heterocycles. The van der Waals surface area contributed by atoms with Crippen LogP contribution in [0.25, 0.3) is 10.8 Å². The number of aryl methyl sites for hydroxylation is 2. The Morgan fingerprint density at radius 2 is 1.33 bits per heavy atom. The van der Waals surface area contributed by atoms with Crippen LogP contribution in [0.4, 0.5) is 0 Å². The lowest BCUT2D eigenvalue weighted by Crippen LogP contribution is -2.03. The van der Waals surface area contributed by atoms with Crippen LogP contribution in [0.1, 0.15) is 11.1 Å². The van der Waals surface area contributed by atoms with Crippen LogP contribution in [0.2, 0.25) is 0 Å². The maximum atomic E-state index is 12.9. The van der Waals surface area contributed by atoms with Crippen LogP contribution in [-0.2, 0) is 9.84 Å². The molecule has 0 aliphatic heterocycles. The van der Waals surface area contributed by atoms with Crippen LogP contribution in [0.3, 0.4) is 0 Å². The second-order valence-electron chi connectivity index (χ2n) is 5.24. The van der Waals surface area contributed by atoms with E-state index in [1.165, 1.54) is 0 Å². The Bertz CT molecular complexity index is 908. The highest BCUT2D eigenvalue weighted by molar-refractivity contribution is 7.91. The van der Waals surface area contributed by atoms with Crippen molar-refractivity contribution in [2.24, 2.45) is 0 Å². The van der Waals surface area contributed by atoms with Crippen LogP contribution in [0.15, 0.2) is 70.5 Å². The van der Waals surface area contributed by atoms with Crippen molar-refractivity contribution in [1.29, 1.82) is 0 Å². The van der Waals surface area contributed by atoms with Gasteiger partial charge in [0.25, 0.3) is 0 Å². The zero-order chi connectivity index (χ0) is 15.0. The Balaban J connectivity index is 2.29. The molecule has 0 saturated carbocycles. The maximum Gasteiger partial charge on any atom is 0.207 e. The van der Waals surface area contributed by atoms with Gasteiger partial charge in [0.2, 0.25) is 9.84 Å². The molecule has 0 bridgehead atoms. The predicted octanol–water partition coefficient (Wildman–Crippen LogP) is 4.29. The lowest BCUT2D eigenvalue weighted by Gasteiger charge is -2.10. The van der Waals surface area contributed by atoms with E-state index in [2.05, 4.69) is 0 Å². The van der Waals surface area contributed by atoms with E-state index >= 15 is 0 Å². The average molecular weight is 296 g/mol. The normalized spacial score (nSPS) is 11.7. The number of benzene rings is 3. The molecule has 0 saturated heterocycles. The highest BCUT2D eigenvalue weighted by Gasteiger charge is 2.20. The van der Waals surface area contributed by atoms with E-state index in [0.717, 1.165) is 21.9 Å². The number of rotatable bonds is 2. The van der Waals surface area contributed by atoms with Gasteiger partial charge >= 0.3 is 0 Å². The Hall–Kier alpha value is -2.13. The van der Waals surface area contributed by atoms with E-state index < -0.39 is 9.84 Å². The molecule has 2 nitrogen and oxygen atoms in total. The van der Waals surface area contributed by atoms with Gasteiger partial charge in [0.1, 0.15) is 0 Å². The summed E-state index contributed by atoms with van der Waals surface area (Å²) in [6.07, 6.45) is 0. The van der Waals surface area contributed by atoms with Crippen molar-refractivity contribution in [1.82, 2.24) is 0 Å². The molecule has 0 amide bonds. The van der Waals surface area contributed by atoms with Crippen molar-refractivity contribution >= 4 is 20.6 Å². The predicted molar refractivity (Wildman–Crippen MR) is 85.3 cm³/mol. The molecule has 0 heterocycles. The SMILES string of the molecule is Cc1ccc(S(=O)(=O)c2ccc(C)c3ccccc23)cc1. The molecule has 3 aromatic carbocycles. The van der Waals surface area contributed by atoms with E-state index in [0.29, 0.717) is 9.79 Å². The molecular formula is C18H16O2S. The Morgan fingerprint density at radius 1 is 0.714 bits per heavy atom. The van der Waals surface area contributed by atoms with Crippen LogP contribution < -0.4 is 0 Å². The molecular weight excluding hydrogens is 280 g/mol. The van der Waals surface area contributed by atoms with Gasteiger partial charge < -0.3 is 0 Å². The summed E-state index contributed by atoms with van der Waals surface area (Å²) in [5.41, 5.74) is 2.12. The smallest absolute Gasteiger partial charge is 0.207 e. The third kappa shape index (κ3) is 2.34. The summed E-state index contributed by atoms with van der Waals surface area (Å²) in [6, 6.07) is 18.2. The summed E-state index contributed by atoms with van der Waals surface area (Å²) in [4.78, 5) is 0.703. The van der Waals surface area contributed by atoms with Gasteiger partial charge in [0.15, 0.2) is 0 Å². The number of sulfone groups is 1. The molecule has 3 aromatic rings. The second kappa shape index (κ2) is 5.01. The molecule has 3 heteroatoms. The molecule has 0 atom stereocenters. The van der Waals surface area contributed by atoms with E-state index in [9.17, 15) is 8.42 Å². The Kier molecular flexibility index (Phi) is 3.30. The molecule has 0 aliphatic carbocycles. The van der Waals surface area contributed by atoms with Crippen molar-refractivity contribution in [3.05, 3.63) is 71.8 Å². The maximum absolute atomic E-state index is 12.9. The van der Waals surface area contributed by atoms with Crippen molar-refractivity contribution in [2.75, 3.05) is 0 Å². The first-order valence-corrected chi connectivity index (χ1v) is 8.28. The van der Waals surface area contributed by atoms with E-state index in [-0.39, 0.29) is 0 Å². The zero-order valence-electron chi connectivity index (χ0n) is 12.0. The molecule has 3 rings (SSSR count). The van der Waals surface area contributed by atoms with Gasteiger partial charge in [0.05, 0.1) is 9.79 Å². The number of hydrogen-bond donors (Lipinski definition) is 0. The minimum absolute atomic E-state index is 0.335. The number of hydrogen-bond acceptors (Lipinski definition) is 2. The van der Waals surface area contributed by atoms with Crippen molar-refractivity contribution in [3.8, 4) is 0 Å². The highest BCUT2D eigenvalue weighted by atomic mass is 32.2. The van der Waals surface area contributed by atoms with E-state index in [1.54, 1.807) is 18.2 Å². The minimum atomic E-state index is -3.50. The lowest BCUT2D eigenvalue weighted by molar-refractivity contribution is 0.597. The average Bonchev–Trinajstić information content (AvgIpc) is 2.48. The first kappa shape index (κ1) is 13.8. The second-order valence-corrected chi connectivity index (χ2v) is 7.16. The first-order valence-electron chi connectivity index (χ1n) is 6.80. The first-order chi connectivity index (χ1) is 10.00. The molecule has 0 aliphatic rings. The van der Waals surface area contributed by atoms with Crippen molar-refractivity contribution in [3.63, 3.8) is 0 Å². The topological polar surface area (TPSA) is 34.1 Å². The molecule has 106 valence electrons. The molecule has 0 radical (unpaired) electrons. The van der Waals surface area contributed by atoms with Gasteiger partial charge in [-0.3, -0.25) is 0 Å². The van der Waals surface area contributed by atoms with Gasteiger partial charge in [-0.1, -0.05) is 48.0 Å². The summed E-state index contributed by atoms with van der Waals surface area (Å²) in [5, 5.41) is 1.75.